The summed E-state index contributed by atoms with van der Waals surface area (Å²) in [5.74, 6) is 2.67. The van der Waals surface area contributed by atoms with E-state index in [0.29, 0.717) is 39.3 Å². The molecule has 2 aromatic rings. The van der Waals surface area contributed by atoms with E-state index in [0.717, 1.165) is 47.1 Å². The first-order valence-corrected chi connectivity index (χ1v) is 10.8. The fourth-order valence-corrected chi connectivity index (χ4v) is 4.03. The molecular formula is C24H30N4O3. The molecule has 1 amide bonds. The van der Waals surface area contributed by atoms with Crippen molar-refractivity contribution in [3.8, 4) is 11.5 Å². The first-order chi connectivity index (χ1) is 15.1. The maximum Gasteiger partial charge on any atom is 0.222 e. The highest BCUT2D eigenvalue weighted by molar-refractivity contribution is 5.79. The van der Waals surface area contributed by atoms with E-state index in [2.05, 4.69) is 45.5 Å². The molecule has 4 rings (SSSR count). The number of hydrogen-bond acceptors (Lipinski definition) is 4. The molecule has 1 fully saturated rings. The lowest BCUT2D eigenvalue weighted by molar-refractivity contribution is -0.128. The standard InChI is InChI=1S/C24H30N4O3/c1-25-24(27(2)16-20-8-9-21-22(14-20)31-12-11-30-21)26-15-18-5-3-6-19(13-18)17-28-10-4-7-23(28)29/h3,5-6,8-9,13-14H,4,7,10-12,15-17H2,1-2H3,(H,25,26). The summed E-state index contributed by atoms with van der Waals surface area (Å²) in [4.78, 5) is 20.3. The highest BCUT2D eigenvalue weighted by Crippen LogP contribution is 2.31. The Labute approximate surface area is 183 Å². The third kappa shape index (κ3) is 5.29. The molecule has 2 heterocycles. The first kappa shape index (κ1) is 21.0. The van der Waals surface area contributed by atoms with Crippen molar-refractivity contribution >= 4 is 11.9 Å². The summed E-state index contributed by atoms with van der Waals surface area (Å²) < 4.78 is 11.3. The van der Waals surface area contributed by atoms with Gasteiger partial charge >= 0.3 is 0 Å². The number of rotatable bonds is 6. The van der Waals surface area contributed by atoms with Crippen LogP contribution in [0.3, 0.4) is 0 Å². The minimum Gasteiger partial charge on any atom is -0.486 e. The Bertz CT molecular complexity index is 960. The molecule has 2 aliphatic rings. The number of benzene rings is 2. The van der Waals surface area contributed by atoms with Gasteiger partial charge in [0, 0.05) is 46.7 Å². The van der Waals surface area contributed by atoms with E-state index < -0.39 is 0 Å². The number of ether oxygens (including phenoxy) is 2. The van der Waals surface area contributed by atoms with Crippen LogP contribution in [0.15, 0.2) is 47.5 Å². The van der Waals surface area contributed by atoms with Crippen LogP contribution in [0.25, 0.3) is 0 Å². The highest BCUT2D eigenvalue weighted by Gasteiger charge is 2.20. The van der Waals surface area contributed by atoms with E-state index in [9.17, 15) is 4.79 Å². The van der Waals surface area contributed by atoms with Crippen LogP contribution in [0.2, 0.25) is 0 Å². The minimum absolute atomic E-state index is 0.254. The van der Waals surface area contributed by atoms with E-state index in [1.807, 2.05) is 24.1 Å². The van der Waals surface area contributed by atoms with E-state index in [1.165, 1.54) is 0 Å². The predicted molar refractivity (Wildman–Crippen MR) is 120 cm³/mol. The Morgan fingerprint density at radius 3 is 2.68 bits per heavy atom. The van der Waals surface area contributed by atoms with Crippen LogP contribution in [0.1, 0.15) is 29.5 Å². The average molecular weight is 423 g/mol. The minimum atomic E-state index is 0.254. The molecule has 164 valence electrons. The first-order valence-electron chi connectivity index (χ1n) is 10.8. The molecule has 0 unspecified atom stereocenters. The summed E-state index contributed by atoms with van der Waals surface area (Å²) >= 11 is 0. The fraction of sp³-hybridized carbons (Fsp3) is 0.417. The smallest absolute Gasteiger partial charge is 0.222 e. The average Bonchev–Trinajstić information content (AvgIpc) is 3.18. The molecular weight excluding hydrogens is 392 g/mol. The number of likely N-dealkylation sites (tertiary alicyclic amines) is 1. The normalized spacial score (nSPS) is 15.9. The molecule has 0 aromatic heterocycles. The summed E-state index contributed by atoms with van der Waals surface area (Å²) in [5.41, 5.74) is 3.46. The number of amides is 1. The number of nitrogens with zero attached hydrogens (tertiary/aromatic N) is 3. The summed E-state index contributed by atoms with van der Waals surface area (Å²) in [6, 6.07) is 14.4. The van der Waals surface area contributed by atoms with Crippen LogP contribution in [-0.2, 0) is 24.4 Å². The molecule has 7 heteroatoms. The maximum atomic E-state index is 11.9. The lowest BCUT2D eigenvalue weighted by Gasteiger charge is -2.24. The van der Waals surface area contributed by atoms with Crippen LogP contribution in [-0.4, -0.2) is 55.5 Å². The molecule has 0 spiro atoms. The Kier molecular flexibility index (Phi) is 6.60. The fourth-order valence-electron chi connectivity index (χ4n) is 4.03. The van der Waals surface area contributed by atoms with E-state index in [-0.39, 0.29) is 5.91 Å². The zero-order valence-electron chi connectivity index (χ0n) is 18.3. The Morgan fingerprint density at radius 2 is 1.90 bits per heavy atom. The van der Waals surface area contributed by atoms with Gasteiger partial charge in [-0.05, 0) is 35.2 Å². The van der Waals surface area contributed by atoms with E-state index in [4.69, 9.17) is 9.47 Å². The van der Waals surface area contributed by atoms with Crippen LogP contribution in [0, 0.1) is 0 Å². The highest BCUT2D eigenvalue weighted by atomic mass is 16.6. The number of nitrogens with one attached hydrogen (secondary N) is 1. The lowest BCUT2D eigenvalue weighted by atomic mass is 10.1. The van der Waals surface area contributed by atoms with Crippen LogP contribution >= 0.6 is 0 Å². The molecule has 0 radical (unpaired) electrons. The topological polar surface area (TPSA) is 66.4 Å². The number of carbonyl (C=O) groups excluding carboxylic acids is 1. The van der Waals surface area contributed by atoms with E-state index >= 15 is 0 Å². The third-order valence-electron chi connectivity index (χ3n) is 5.59. The van der Waals surface area contributed by atoms with Gasteiger partial charge in [0.2, 0.25) is 5.91 Å². The van der Waals surface area contributed by atoms with Crippen LogP contribution < -0.4 is 14.8 Å². The monoisotopic (exact) mass is 422 g/mol. The molecule has 31 heavy (non-hydrogen) atoms. The van der Waals surface area contributed by atoms with Gasteiger partial charge in [0.1, 0.15) is 13.2 Å². The van der Waals surface area contributed by atoms with Gasteiger partial charge in [-0.2, -0.15) is 0 Å². The van der Waals surface area contributed by atoms with Gasteiger partial charge in [-0.1, -0.05) is 30.3 Å². The van der Waals surface area contributed by atoms with Crippen LogP contribution in [0.4, 0.5) is 0 Å². The second-order valence-corrected chi connectivity index (χ2v) is 7.97. The number of fused-ring (bicyclic) bond motifs is 1. The molecule has 7 nitrogen and oxygen atoms in total. The Hall–Kier alpha value is -3.22. The van der Waals surface area contributed by atoms with Crippen molar-refractivity contribution < 1.29 is 14.3 Å². The van der Waals surface area contributed by atoms with Crippen molar-refractivity contribution in [3.63, 3.8) is 0 Å². The molecule has 0 bridgehead atoms. The summed E-state index contributed by atoms with van der Waals surface area (Å²) in [5, 5.41) is 3.44. The van der Waals surface area contributed by atoms with Crippen LogP contribution in [0.5, 0.6) is 11.5 Å². The number of aliphatic imine (C=N–C) groups is 1. The number of guanidine groups is 1. The SMILES string of the molecule is CN=C(NCc1cccc(CN2CCCC2=O)c1)N(C)Cc1ccc2c(c1)OCCO2. The van der Waals surface area contributed by atoms with Gasteiger partial charge in [0.15, 0.2) is 17.5 Å². The Morgan fingerprint density at radius 1 is 1.10 bits per heavy atom. The molecule has 2 aromatic carbocycles. The van der Waals surface area contributed by atoms with Crippen molar-refractivity contribution in [2.45, 2.75) is 32.5 Å². The Balaban J connectivity index is 1.34. The molecule has 1 saturated heterocycles. The molecule has 0 aliphatic carbocycles. The molecule has 0 atom stereocenters. The van der Waals surface area contributed by atoms with E-state index in [1.54, 1.807) is 7.05 Å². The maximum absolute atomic E-state index is 11.9. The zero-order chi connectivity index (χ0) is 21.6. The summed E-state index contributed by atoms with van der Waals surface area (Å²) in [7, 11) is 3.81. The lowest BCUT2D eigenvalue weighted by Crippen LogP contribution is -2.38. The molecule has 1 N–H and O–H groups in total. The van der Waals surface area contributed by atoms with Crippen molar-refractivity contribution in [1.82, 2.24) is 15.1 Å². The zero-order valence-corrected chi connectivity index (χ0v) is 18.3. The van der Waals surface area contributed by atoms with Gasteiger partial charge in [-0.15, -0.1) is 0 Å². The summed E-state index contributed by atoms with van der Waals surface area (Å²) in [6.07, 6.45) is 1.64. The number of hydrogen-bond donors (Lipinski definition) is 1. The molecule has 2 aliphatic heterocycles. The van der Waals surface area contributed by atoms with Gasteiger partial charge in [-0.25, -0.2) is 0 Å². The second-order valence-electron chi connectivity index (χ2n) is 7.97. The van der Waals surface area contributed by atoms with Crippen molar-refractivity contribution in [2.75, 3.05) is 33.9 Å². The number of carbonyl (C=O) groups is 1. The van der Waals surface area contributed by atoms with Gasteiger partial charge in [-0.3, -0.25) is 9.79 Å². The van der Waals surface area contributed by atoms with Crippen molar-refractivity contribution in [1.29, 1.82) is 0 Å². The summed E-state index contributed by atoms with van der Waals surface area (Å²) in [6.45, 7) is 4.09. The van der Waals surface area contributed by atoms with Crippen molar-refractivity contribution in [2.24, 2.45) is 4.99 Å². The predicted octanol–water partition coefficient (Wildman–Crippen LogP) is 2.79. The van der Waals surface area contributed by atoms with Crippen molar-refractivity contribution in [3.05, 3.63) is 59.2 Å². The third-order valence-corrected chi connectivity index (χ3v) is 5.59. The largest absolute Gasteiger partial charge is 0.486 e. The van der Waals surface area contributed by atoms with Gasteiger partial charge in [0.25, 0.3) is 0 Å². The second kappa shape index (κ2) is 9.73. The van der Waals surface area contributed by atoms with Gasteiger partial charge < -0.3 is 24.6 Å². The quantitative estimate of drug-likeness (QED) is 0.573. The van der Waals surface area contributed by atoms with Gasteiger partial charge in [0.05, 0.1) is 0 Å². The molecule has 0 saturated carbocycles.